The molecule has 0 aliphatic carbocycles. The summed E-state index contributed by atoms with van der Waals surface area (Å²) in [7, 11) is 0. The second kappa shape index (κ2) is 2.76. The first-order valence-electron chi connectivity index (χ1n) is 3.44. The largest absolute Gasteiger partial charge is 0.269 e. The average molecular weight is 182 g/mol. The number of nitrogens with one attached hydrogen (secondary N) is 1. The third-order valence-electron chi connectivity index (χ3n) is 1.70. The molecule has 0 unspecified atom stereocenters. The van der Waals surface area contributed by atoms with Crippen LogP contribution in [0.5, 0.6) is 0 Å². The van der Waals surface area contributed by atoms with Crippen LogP contribution in [0.25, 0.3) is 0 Å². The van der Waals surface area contributed by atoms with Gasteiger partial charge >= 0.3 is 0 Å². The Balaban J connectivity index is 2.45. The molecule has 0 fully saturated rings. The number of rotatable bonds is 1. The Morgan fingerprint density at radius 3 is 3.17 bits per heavy atom. The third-order valence-corrected chi connectivity index (χ3v) is 2.61. The second-order valence-corrected chi connectivity index (χ2v) is 3.40. The predicted octanol–water partition coefficient (Wildman–Crippen LogP) is 1.71. The number of hydrogen-bond acceptors (Lipinski definition) is 4. The Labute approximate surface area is 73.3 Å². The zero-order chi connectivity index (χ0) is 8.55. The van der Waals surface area contributed by atoms with Gasteiger partial charge in [0.2, 0.25) is 0 Å². The minimum Gasteiger partial charge on any atom is -0.258 e. The first-order valence-corrected chi connectivity index (χ1v) is 4.26. The van der Waals surface area contributed by atoms with Gasteiger partial charge in [0, 0.05) is 23.6 Å². The summed E-state index contributed by atoms with van der Waals surface area (Å²) in [5.74, 6) is 0. The molecule has 5 heteroatoms. The molecule has 0 saturated carbocycles. The smallest absolute Gasteiger partial charge is 0.258 e. The van der Waals surface area contributed by atoms with E-state index in [-0.39, 0.29) is 10.6 Å². The molecule has 2 rings (SSSR count). The number of fused-ring (bicyclic) bond motifs is 1. The maximum Gasteiger partial charge on any atom is 0.269 e. The highest BCUT2D eigenvalue weighted by atomic mass is 32.2. The van der Waals surface area contributed by atoms with Crippen molar-refractivity contribution in [2.45, 2.75) is 11.4 Å². The first kappa shape index (κ1) is 7.57. The Bertz CT molecular complexity index is 340. The van der Waals surface area contributed by atoms with Crippen molar-refractivity contribution >= 4 is 17.6 Å². The zero-order valence-electron chi connectivity index (χ0n) is 6.11. The predicted molar refractivity (Wildman–Crippen MR) is 45.8 cm³/mol. The molecule has 0 bridgehead atoms. The van der Waals surface area contributed by atoms with E-state index in [1.54, 1.807) is 12.1 Å². The zero-order valence-corrected chi connectivity index (χ0v) is 6.93. The lowest BCUT2D eigenvalue weighted by molar-refractivity contribution is -0.385. The average Bonchev–Trinajstić information content (AvgIpc) is 2.49. The van der Waals surface area contributed by atoms with E-state index in [4.69, 9.17) is 0 Å². The number of nitro groups is 1. The van der Waals surface area contributed by atoms with Crippen LogP contribution < -0.4 is 4.72 Å². The maximum absolute atomic E-state index is 10.4. The molecule has 1 aliphatic heterocycles. The van der Waals surface area contributed by atoms with Crippen LogP contribution >= 0.6 is 11.9 Å². The van der Waals surface area contributed by atoms with Crippen molar-refractivity contribution in [2.24, 2.45) is 0 Å². The van der Waals surface area contributed by atoms with Crippen LogP contribution in [-0.4, -0.2) is 4.92 Å². The second-order valence-electron chi connectivity index (χ2n) is 2.47. The topological polar surface area (TPSA) is 55.2 Å². The van der Waals surface area contributed by atoms with Gasteiger partial charge in [-0.15, -0.1) is 0 Å². The van der Waals surface area contributed by atoms with Gasteiger partial charge in [-0.3, -0.25) is 14.8 Å². The molecular weight excluding hydrogens is 176 g/mol. The van der Waals surface area contributed by atoms with Crippen LogP contribution in [0.2, 0.25) is 0 Å². The summed E-state index contributed by atoms with van der Waals surface area (Å²) in [5.41, 5.74) is 1.17. The van der Waals surface area contributed by atoms with Gasteiger partial charge in [-0.25, -0.2) is 0 Å². The number of non-ortho nitro benzene ring substituents is 1. The minimum absolute atomic E-state index is 0.165. The van der Waals surface area contributed by atoms with E-state index in [1.165, 1.54) is 18.0 Å². The lowest BCUT2D eigenvalue weighted by Crippen LogP contribution is -1.93. The van der Waals surface area contributed by atoms with Crippen molar-refractivity contribution in [3.8, 4) is 0 Å². The molecule has 62 valence electrons. The van der Waals surface area contributed by atoms with Crippen LogP contribution in [0, 0.1) is 10.1 Å². The van der Waals surface area contributed by atoms with E-state index in [9.17, 15) is 10.1 Å². The standard InChI is InChI=1S/C7H6N2O2S/c10-9(11)6-1-2-7-5(3-6)4-8-12-7/h1-3,8H,4H2. The van der Waals surface area contributed by atoms with Crippen molar-refractivity contribution in [3.05, 3.63) is 33.9 Å². The summed E-state index contributed by atoms with van der Waals surface area (Å²) in [4.78, 5) is 11.1. The number of benzene rings is 1. The first-order chi connectivity index (χ1) is 5.77. The van der Waals surface area contributed by atoms with Crippen molar-refractivity contribution in [3.63, 3.8) is 0 Å². The summed E-state index contributed by atoms with van der Waals surface area (Å²) < 4.78 is 3.05. The molecule has 4 nitrogen and oxygen atoms in total. The molecule has 0 spiro atoms. The summed E-state index contributed by atoms with van der Waals surface area (Å²) in [6.07, 6.45) is 0. The highest BCUT2D eigenvalue weighted by Gasteiger charge is 2.14. The molecule has 12 heavy (non-hydrogen) atoms. The van der Waals surface area contributed by atoms with E-state index in [2.05, 4.69) is 4.72 Å². The fourth-order valence-corrected chi connectivity index (χ4v) is 1.89. The van der Waals surface area contributed by atoms with E-state index in [0.717, 1.165) is 10.5 Å². The molecule has 0 aromatic heterocycles. The molecule has 1 aromatic carbocycles. The summed E-state index contributed by atoms with van der Waals surface area (Å²) >= 11 is 1.52. The van der Waals surface area contributed by atoms with Crippen LogP contribution in [0.15, 0.2) is 23.1 Å². The van der Waals surface area contributed by atoms with Gasteiger partial charge in [-0.2, -0.15) is 0 Å². The van der Waals surface area contributed by atoms with Crippen molar-refractivity contribution < 1.29 is 4.92 Å². The summed E-state index contributed by atoms with van der Waals surface area (Å²) in [6.45, 7) is 0.710. The molecule has 1 heterocycles. The van der Waals surface area contributed by atoms with Crippen LogP contribution in [0.4, 0.5) is 5.69 Å². The Hall–Kier alpha value is -1.07. The summed E-state index contributed by atoms with van der Waals surface area (Å²) in [6, 6.07) is 4.92. The third kappa shape index (κ3) is 1.17. The number of nitrogens with zero attached hydrogens (tertiary/aromatic N) is 1. The van der Waals surface area contributed by atoms with Gasteiger partial charge in [0.05, 0.1) is 4.92 Å². The number of nitro benzene ring substituents is 1. The van der Waals surface area contributed by atoms with Crippen molar-refractivity contribution in [1.82, 2.24) is 4.72 Å². The highest BCUT2D eigenvalue weighted by molar-refractivity contribution is 7.97. The Morgan fingerprint density at radius 1 is 1.58 bits per heavy atom. The molecule has 0 saturated heterocycles. The van der Waals surface area contributed by atoms with Gasteiger partial charge in [0.15, 0.2) is 0 Å². The van der Waals surface area contributed by atoms with E-state index < -0.39 is 0 Å². The molecule has 0 atom stereocenters. The molecule has 1 aromatic rings. The quantitative estimate of drug-likeness (QED) is 0.408. The molecule has 1 N–H and O–H groups in total. The fourth-order valence-electron chi connectivity index (χ4n) is 1.11. The van der Waals surface area contributed by atoms with Gasteiger partial charge in [0.1, 0.15) is 0 Å². The monoisotopic (exact) mass is 182 g/mol. The van der Waals surface area contributed by atoms with E-state index >= 15 is 0 Å². The fraction of sp³-hybridized carbons (Fsp3) is 0.143. The molecule has 1 aliphatic rings. The SMILES string of the molecule is O=[N+]([O-])c1ccc2c(c1)CNS2. The van der Waals surface area contributed by atoms with E-state index in [1.807, 2.05) is 0 Å². The lowest BCUT2D eigenvalue weighted by atomic mass is 10.2. The van der Waals surface area contributed by atoms with Gasteiger partial charge in [-0.1, -0.05) is 0 Å². The van der Waals surface area contributed by atoms with Crippen molar-refractivity contribution in [1.29, 1.82) is 0 Å². The molecule has 0 amide bonds. The highest BCUT2D eigenvalue weighted by Crippen LogP contribution is 2.29. The summed E-state index contributed by atoms with van der Waals surface area (Å²) in [5, 5.41) is 10.4. The lowest BCUT2D eigenvalue weighted by Gasteiger charge is -1.94. The van der Waals surface area contributed by atoms with E-state index in [0.29, 0.717) is 6.54 Å². The number of hydrogen-bond donors (Lipinski definition) is 1. The van der Waals surface area contributed by atoms with Gasteiger partial charge in [0.25, 0.3) is 5.69 Å². The normalized spacial score (nSPS) is 14.3. The van der Waals surface area contributed by atoms with Gasteiger partial charge < -0.3 is 0 Å². The van der Waals surface area contributed by atoms with Crippen LogP contribution in [0.3, 0.4) is 0 Å². The van der Waals surface area contributed by atoms with Gasteiger partial charge in [-0.05, 0) is 23.6 Å². The van der Waals surface area contributed by atoms with Crippen LogP contribution in [-0.2, 0) is 6.54 Å². The maximum atomic E-state index is 10.4. The van der Waals surface area contributed by atoms with Crippen molar-refractivity contribution in [2.75, 3.05) is 0 Å². The molecule has 0 radical (unpaired) electrons. The minimum atomic E-state index is -0.372. The van der Waals surface area contributed by atoms with Crippen LogP contribution in [0.1, 0.15) is 5.56 Å². The Kier molecular flexibility index (Phi) is 1.74. The molecular formula is C7H6N2O2S. The Morgan fingerprint density at radius 2 is 2.42 bits per heavy atom.